The van der Waals surface area contributed by atoms with Gasteiger partial charge < -0.3 is 9.47 Å². The summed E-state index contributed by atoms with van der Waals surface area (Å²) < 4.78 is 11.7. The zero-order chi connectivity index (χ0) is 11.5. The fourth-order valence-corrected chi connectivity index (χ4v) is 1.97. The maximum Gasteiger partial charge on any atom is 0.165 e. The van der Waals surface area contributed by atoms with Crippen LogP contribution in [0.15, 0.2) is 28.7 Å². The Morgan fingerprint density at radius 1 is 1.07 bits per heavy atom. The van der Waals surface area contributed by atoms with Crippen LogP contribution in [0.4, 0.5) is 0 Å². The quantitative estimate of drug-likeness (QED) is 0.783. The molecule has 0 radical (unpaired) electrons. The number of halogens is 1. The van der Waals surface area contributed by atoms with Crippen molar-refractivity contribution >= 4 is 15.9 Å². The average molecular weight is 273 g/mol. The van der Waals surface area contributed by atoms with Gasteiger partial charge >= 0.3 is 0 Å². The van der Waals surface area contributed by atoms with Gasteiger partial charge in [-0.2, -0.15) is 0 Å². The lowest BCUT2D eigenvalue weighted by atomic mass is 9.84. The molecular formula is C12H17BrO2. The van der Waals surface area contributed by atoms with Crippen LogP contribution < -0.4 is 0 Å². The minimum atomic E-state index is -0.237. The van der Waals surface area contributed by atoms with E-state index in [0.29, 0.717) is 0 Å². The number of rotatable bonds is 4. The lowest BCUT2D eigenvalue weighted by molar-refractivity contribution is -0.141. The number of benzene rings is 1. The molecule has 0 aliphatic rings. The van der Waals surface area contributed by atoms with Crippen molar-refractivity contribution in [2.24, 2.45) is 0 Å². The molecule has 1 aromatic rings. The first-order valence-corrected chi connectivity index (χ1v) is 5.63. The predicted octanol–water partition coefficient (Wildman–Crippen LogP) is 3.35. The third kappa shape index (κ3) is 2.80. The third-order valence-corrected chi connectivity index (χ3v) is 3.13. The van der Waals surface area contributed by atoms with Gasteiger partial charge in [0.25, 0.3) is 0 Å². The smallest absolute Gasteiger partial charge is 0.165 e. The van der Waals surface area contributed by atoms with Gasteiger partial charge in [-0.1, -0.05) is 41.9 Å². The maximum absolute atomic E-state index is 5.31. The summed E-state index contributed by atoms with van der Waals surface area (Å²) in [6, 6.07) is 8.21. The molecule has 2 nitrogen and oxygen atoms in total. The van der Waals surface area contributed by atoms with Gasteiger partial charge in [0.15, 0.2) is 6.29 Å². The van der Waals surface area contributed by atoms with Crippen molar-refractivity contribution in [3.63, 3.8) is 0 Å². The van der Waals surface area contributed by atoms with Crippen molar-refractivity contribution in [1.29, 1.82) is 0 Å². The average Bonchev–Trinajstić information content (AvgIpc) is 2.19. The van der Waals surface area contributed by atoms with E-state index in [1.165, 1.54) is 5.56 Å². The zero-order valence-electron chi connectivity index (χ0n) is 9.58. The zero-order valence-corrected chi connectivity index (χ0v) is 11.2. The van der Waals surface area contributed by atoms with E-state index >= 15 is 0 Å². The second-order valence-electron chi connectivity index (χ2n) is 4.03. The summed E-state index contributed by atoms with van der Waals surface area (Å²) in [6.07, 6.45) is -0.237. The van der Waals surface area contributed by atoms with Gasteiger partial charge in [-0.15, -0.1) is 0 Å². The molecule has 0 aromatic heterocycles. The largest absolute Gasteiger partial charge is 0.355 e. The highest BCUT2D eigenvalue weighted by Gasteiger charge is 2.31. The third-order valence-electron chi connectivity index (χ3n) is 2.61. The first-order valence-electron chi connectivity index (χ1n) is 4.84. The molecule has 0 heterocycles. The van der Waals surface area contributed by atoms with Gasteiger partial charge in [0, 0.05) is 24.1 Å². The highest BCUT2D eigenvalue weighted by Crippen LogP contribution is 2.30. The summed E-state index contributed by atoms with van der Waals surface area (Å²) in [5.41, 5.74) is 1.03. The van der Waals surface area contributed by atoms with Crippen LogP contribution in [-0.4, -0.2) is 20.5 Å². The van der Waals surface area contributed by atoms with Crippen LogP contribution in [0.25, 0.3) is 0 Å². The fourth-order valence-electron chi connectivity index (χ4n) is 1.70. The lowest BCUT2D eigenvalue weighted by Crippen LogP contribution is -2.36. The number of ether oxygens (including phenoxy) is 2. The topological polar surface area (TPSA) is 18.5 Å². The van der Waals surface area contributed by atoms with Crippen LogP contribution in [0.2, 0.25) is 0 Å². The van der Waals surface area contributed by atoms with E-state index in [-0.39, 0.29) is 11.7 Å². The Kier molecular flexibility index (Phi) is 4.32. The van der Waals surface area contributed by atoms with E-state index in [2.05, 4.69) is 41.9 Å². The minimum absolute atomic E-state index is 0.162. The summed E-state index contributed by atoms with van der Waals surface area (Å²) in [4.78, 5) is 0. The fraction of sp³-hybridized carbons (Fsp3) is 0.500. The molecule has 3 heteroatoms. The van der Waals surface area contributed by atoms with Crippen LogP contribution in [0.5, 0.6) is 0 Å². The predicted molar refractivity (Wildman–Crippen MR) is 65.0 cm³/mol. The molecule has 0 unspecified atom stereocenters. The summed E-state index contributed by atoms with van der Waals surface area (Å²) >= 11 is 3.42. The van der Waals surface area contributed by atoms with Crippen molar-refractivity contribution < 1.29 is 9.47 Å². The van der Waals surface area contributed by atoms with Gasteiger partial charge in [-0.25, -0.2) is 0 Å². The molecule has 15 heavy (non-hydrogen) atoms. The van der Waals surface area contributed by atoms with E-state index in [1.54, 1.807) is 14.2 Å². The van der Waals surface area contributed by atoms with Crippen molar-refractivity contribution in [3.05, 3.63) is 34.3 Å². The lowest BCUT2D eigenvalue weighted by Gasteiger charge is -2.32. The van der Waals surface area contributed by atoms with Crippen LogP contribution >= 0.6 is 15.9 Å². The Morgan fingerprint density at radius 2 is 1.53 bits per heavy atom. The van der Waals surface area contributed by atoms with Gasteiger partial charge in [0.05, 0.1) is 0 Å². The van der Waals surface area contributed by atoms with E-state index in [9.17, 15) is 0 Å². The second kappa shape index (κ2) is 5.10. The van der Waals surface area contributed by atoms with Gasteiger partial charge in [0.1, 0.15) is 0 Å². The second-order valence-corrected chi connectivity index (χ2v) is 4.95. The first-order chi connectivity index (χ1) is 7.02. The molecule has 1 rings (SSSR count). The first kappa shape index (κ1) is 12.7. The van der Waals surface area contributed by atoms with E-state index < -0.39 is 0 Å². The van der Waals surface area contributed by atoms with E-state index in [0.717, 1.165) is 4.47 Å². The highest BCUT2D eigenvalue weighted by molar-refractivity contribution is 9.10. The molecule has 0 saturated carbocycles. The molecule has 0 atom stereocenters. The molecule has 0 N–H and O–H groups in total. The maximum atomic E-state index is 5.31. The number of methoxy groups -OCH3 is 2. The van der Waals surface area contributed by atoms with E-state index in [4.69, 9.17) is 9.47 Å². The normalized spacial score (nSPS) is 12.1. The Hall–Kier alpha value is -0.380. The molecule has 0 aliphatic carbocycles. The number of hydrogen-bond acceptors (Lipinski definition) is 2. The molecule has 0 fully saturated rings. The molecule has 0 amide bonds. The standard InChI is InChI=1S/C12H17BrO2/c1-12(2,11(14-3)15-4)9-5-7-10(13)8-6-9/h5-8,11H,1-4H3. The van der Waals surface area contributed by atoms with Crippen LogP contribution in [0.3, 0.4) is 0 Å². The van der Waals surface area contributed by atoms with Gasteiger partial charge in [-0.05, 0) is 17.7 Å². The van der Waals surface area contributed by atoms with Crippen LogP contribution in [0.1, 0.15) is 19.4 Å². The Bertz CT molecular complexity index is 302. The van der Waals surface area contributed by atoms with Gasteiger partial charge in [-0.3, -0.25) is 0 Å². The van der Waals surface area contributed by atoms with Crippen molar-refractivity contribution in [1.82, 2.24) is 0 Å². The summed E-state index contributed by atoms with van der Waals surface area (Å²) in [5, 5.41) is 0. The Balaban J connectivity index is 2.98. The molecular weight excluding hydrogens is 256 g/mol. The summed E-state index contributed by atoms with van der Waals surface area (Å²) in [5.74, 6) is 0. The Morgan fingerprint density at radius 3 is 1.93 bits per heavy atom. The molecule has 0 spiro atoms. The van der Waals surface area contributed by atoms with Gasteiger partial charge in [0.2, 0.25) is 0 Å². The van der Waals surface area contributed by atoms with Crippen LogP contribution in [0, 0.1) is 0 Å². The molecule has 0 bridgehead atoms. The molecule has 1 aromatic carbocycles. The van der Waals surface area contributed by atoms with Crippen molar-refractivity contribution in [2.75, 3.05) is 14.2 Å². The van der Waals surface area contributed by atoms with Crippen LogP contribution in [-0.2, 0) is 14.9 Å². The minimum Gasteiger partial charge on any atom is -0.355 e. The number of hydrogen-bond donors (Lipinski definition) is 0. The molecule has 0 saturated heterocycles. The van der Waals surface area contributed by atoms with Crippen molar-refractivity contribution in [2.45, 2.75) is 25.6 Å². The summed E-state index contributed by atoms with van der Waals surface area (Å²) in [7, 11) is 3.32. The monoisotopic (exact) mass is 272 g/mol. The van der Waals surface area contributed by atoms with Crippen molar-refractivity contribution in [3.8, 4) is 0 Å². The summed E-state index contributed by atoms with van der Waals surface area (Å²) in [6.45, 7) is 4.21. The highest BCUT2D eigenvalue weighted by atomic mass is 79.9. The molecule has 0 aliphatic heterocycles. The Labute approximate surface area is 99.7 Å². The molecule has 84 valence electrons. The SMILES string of the molecule is COC(OC)C(C)(C)c1ccc(Br)cc1. The van der Waals surface area contributed by atoms with E-state index in [1.807, 2.05) is 12.1 Å².